The second-order valence-corrected chi connectivity index (χ2v) is 6.08. The van der Waals surface area contributed by atoms with Gasteiger partial charge in [0.2, 0.25) is 11.9 Å². The van der Waals surface area contributed by atoms with Gasteiger partial charge in [-0.25, -0.2) is 9.97 Å². The Morgan fingerprint density at radius 1 is 1.32 bits per heavy atom. The summed E-state index contributed by atoms with van der Waals surface area (Å²) in [5.41, 5.74) is 0.858. The maximum Gasteiger partial charge on any atom is 0.225 e. The van der Waals surface area contributed by atoms with Gasteiger partial charge in [-0.1, -0.05) is 12.8 Å². The zero-order valence-electron chi connectivity index (χ0n) is 13.0. The molecule has 1 saturated heterocycles. The highest BCUT2D eigenvalue weighted by atomic mass is 16.5. The van der Waals surface area contributed by atoms with Crippen molar-refractivity contribution in [1.82, 2.24) is 15.3 Å². The Balaban J connectivity index is 1.50. The SMILES string of the molecule is O=C(CC1CCCC1)NCc1ccnc(N2CCOCC2)n1. The lowest BCUT2D eigenvalue weighted by Gasteiger charge is -2.26. The zero-order valence-corrected chi connectivity index (χ0v) is 13.0. The van der Waals surface area contributed by atoms with Crippen molar-refractivity contribution in [1.29, 1.82) is 0 Å². The number of morpholine rings is 1. The van der Waals surface area contributed by atoms with Gasteiger partial charge in [0.1, 0.15) is 0 Å². The lowest BCUT2D eigenvalue weighted by Crippen LogP contribution is -2.37. The fourth-order valence-electron chi connectivity index (χ4n) is 3.14. The number of anilines is 1. The highest BCUT2D eigenvalue weighted by Gasteiger charge is 2.18. The molecule has 1 aliphatic carbocycles. The zero-order chi connectivity index (χ0) is 15.2. The summed E-state index contributed by atoms with van der Waals surface area (Å²) in [5, 5.41) is 2.98. The Morgan fingerprint density at radius 3 is 2.86 bits per heavy atom. The van der Waals surface area contributed by atoms with Gasteiger partial charge in [0.25, 0.3) is 0 Å². The Morgan fingerprint density at radius 2 is 2.09 bits per heavy atom. The number of amides is 1. The predicted octanol–water partition coefficient (Wildman–Crippen LogP) is 1.51. The van der Waals surface area contributed by atoms with E-state index in [4.69, 9.17) is 4.74 Å². The van der Waals surface area contributed by atoms with E-state index in [0.29, 0.717) is 32.1 Å². The van der Waals surface area contributed by atoms with Crippen LogP contribution < -0.4 is 10.2 Å². The van der Waals surface area contributed by atoms with Crippen LogP contribution in [0, 0.1) is 5.92 Å². The highest BCUT2D eigenvalue weighted by Crippen LogP contribution is 2.27. The van der Waals surface area contributed by atoms with Crippen molar-refractivity contribution in [3.63, 3.8) is 0 Å². The summed E-state index contributed by atoms with van der Waals surface area (Å²) in [7, 11) is 0. The van der Waals surface area contributed by atoms with Gasteiger partial charge in [-0.3, -0.25) is 4.79 Å². The molecule has 1 N–H and O–H groups in total. The maximum absolute atomic E-state index is 12.0. The number of nitrogens with zero attached hydrogens (tertiary/aromatic N) is 3. The van der Waals surface area contributed by atoms with Crippen molar-refractivity contribution < 1.29 is 9.53 Å². The first kappa shape index (κ1) is 15.2. The molecule has 3 rings (SSSR count). The molecule has 2 aliphatic rings. The molecule has 0 aromatic carbocycles. The lowest BCUT2D eigenvalue weighted by molar-refractivity contribution is -0.122. The molecule has 1 aromatic heterocycles. The Hall–Kier alpha value is -1.69. The van der Waals surface area contributed by atoms with Crippen LogP contribution in [0.25, 0.3) is 0 Å². The van der Waals surface area contributed by atoms with E-state index >= 15 is 0 Å². The fraction of sp³-hybridized carbons (Fsp3) is 0.688. The summed E-state index contributed by atoms with van der Waals surface area (Å²) in [6, 6.07) is 1.86. The number of hydrogen-bond donors (Lipinski definition) is 1. The number of aromatic nitrogens is 2. The van der Waals surface area contributed by atoms with Crippen LogP contribution in [0.3, 0.4) is 0 Å². The van der Waals surface area contributed by atoms with E-state index in [1.54, 1.807) is 6.20 Å². The first-order valence-electron chi connectivity index (χ1n) is 8.22. The van der Waals surface area contributed by atoms with Crippen molar-refractivity contribution in [3.05, 3.63) is 18.0 Å². The van der Waals surface area contributed by atoms with Gasteiger partial charge in [-0.2, -0.15) is 0 Å². The Bertz CT molecular complexity index is 497. The van der Waals surface area contributed by atoms with Crippen LogP contribution in [-0.4, -0.2) is 42.2 Å². The van der Waals surface area contributed by atoms with Gasteiger partial charge in [0, 0.05) is 25.7 Å². The molecule has 22 heavy (non-hydrogen) atoms. The molecule has 0 unspecified atom stereocenters. The Kier molecular flexibility index (Phi) is 5.21. The highest BCUT2D eigenvalue weighted by molar-refractivity contribution is 5.76. The van der Waals surface area contributed by atoms with Gasteiger partial charge >= 0.3 is 0 Å². The van der Waals surface area contributed by atoms with E-state index in [1.807, 2.05) is 6.07 Å². The number of rotatable bonds is 5. The number of nitrogens with one attached hydrogen (secondary N) is 1. The number of carbonyl (C=O) groups is 1. The number of hydrogen-bond acceptors (Lipinski definition) is 5. The number of ether oxygens (including phenoxy) is 1. The third-order valence-corrected chi connectivity index (χ3v) is 4.41. The molecule has 6 heteroatoms. The van der Waals surface area contributed by atoms with Crippen molar-refractivity contribution >= 4 is 11.9 Å². The quantitative estimate of drug-likeness (QED) is 0.893. The molecule has 1 aliphatic heterocycles. The topological polar surface area (TPSA) is 67.4 Å². The third-order valence-electron chi connectivity index (χ3n) is 4.41. The molecule has 1 aromatic rings. The summed E-state index contributed by atoms with van der Waals surface area (Å²) < 4.78 is 5.34. The van der Waals surface area contributed by atoms with Crippen LogP contribution in [0.5, 0.6) is 0 Å². The van der Waals surface area contributed by atoms with E-state index in [9.17, 15) is 4.79 Å². The summed E-state index contributed by atoms with van der Waals surface area (Å²) in [4.78, 5) is 23.0. The standard InChI is InChI=1S/C16H24N4O2/c21-15(11-13-3-1-2-4-13)18-12-14-5-6-17-16(19-14)20-7-9-22-10-8-20/h5-6,13H,1-4,7-12H2,(H,18,21). The van der Waals surface area contributed by atoms with Crippen molar-refractivity contribution in [2.45, 2.75) is 38.6 Å². The molecule has 0 radical (unpaired) electrons. The Labute approximate surface area is 131 Å². The van der Waals surface area contributed by atoms with Crippen molar-refractivity contribution in [2.75, 3.05) is 31.2 Å². The molecule has 2 heterocycles. The molecule has 0 bridgehead atoms. The molecule has 120 valence electrons. The van der Waals surface area contributed by atoms with Crippen LogP contribution in [0.2, 0.25) is 0 Å². The van der Waals surface area contributed by atoms with Gasteiger partial charge in [0.05, 0.1) is 25.5 Å². The van der Waals surface area contributed by atoms with E-state index in [-0.39, 0.29) is 5.91 Å². The predicted molar refractivity (Wildman–Crippen MR) is 83.5 cm³/mol. The van der Waals surface area contributed by atoms with Gasteiger partial charge in [-0.05, 0) is 24.8 Å². The monoisotopic (exact) mass is 304 g/mol. The first-order valence-corrected chi connectivity index (χ1v) is 8.22. The van der Waals surface area contributed by atoms with E-state index in [0.717, 1.165) is 24.7 Å². The minimum atomic E-state index is 0.137. The molecule has 0 spiro atoms. The lowest BCUT2D eigenvalue weighted by atomic mass is 10.0. The first-order chi connectivity index (χ1) is 10.8. The molecule has 2 fully saturated rings. The van der Waals surface area contributed by atoms with Crippen molar-refractivity contribution in [2.24, 2.45) is 5.92 Å². The normalized spacial score (nSPS) is 19.4. The van der Waals surface area contributed by atoms with Gasteiger partial charge in [-0.15, -0.1) is 0 Å². The van der Waals surface area contributed by atoms with Crippen LogP contribution in [0.4, 0.5) is 5.95 Å². The van der Waals surface area contributed by atoms with Gasteiger partial charge < -0.3 is 15.0 Å². The largest absolute Gasteiger partial charge is 0.378 e. The maximum atomic E-state index is 12.0. The fourth-order valence-corrected chi connectivity index (χ4v) is 3.14. The second kappa shape index (κ2) is 7.54. The van der Waals surface area contributed by atoms with E-state index < -0.39 is 0 Å². The molecular formula is C16H24N4O2. The molecule has 6 nitrogen and oxygen atoms in total. The minimum Gasteiger partial charge on any atom is -0.378 e. The third kappa shape index (κ3) is 4.16. The summed E-state index contributed by atoms with van der Waals surface area (Å²) >= 11 is 0. The minimum absolute atomic E-state index is 0.137. The second-order valence-electron chi connectivity index (χ2n) is 6.08. The van der Waals surface area contributed by atoms with E-state index in [1.165, 1.54) is 25.7 Å². The van der Waals surface area contributed by atoms with Crippen LogP contribution >= 0.6 is 0 Å². The molecule has 1 saturated carbocycles. The average molecular weight is 304 g/mol. The molecule has 0 atom stereocenters. The summed E-state index contributed by atoms with van der Waals surface area (Å²) in [5.74, 6) is 1.44. The van der Waals surface area contributed by atoms with Crippen LogP contribution in [0.15, 0.2) is 12.3 Å². The average Bonchev–Trinajstić information content (AvgIpc) is 3.07. The van der Waals surface area contributed by atoms with E-state index in [2.05, 4.69) is 20.2 Å². The van der Waals surface area contributed by atoms with Crippen LogP contribution in [-0.2, 0) is 16.1 Å². The number of carbonyl (C=O) groups excluding carboxylic acids is 1. The molecule has 1 amide bonds. The van der Waals surface area contributed by atoms with Crippen molar-refractivity contribution in [3.8, 4) is 0 Å². The van der Waals surface area contributed by atoms with Crippen LogP contribution in [0.1, 0.15) is 37.8 Å². The van der Waals surface area contributed by atoms with Gasteiger partial charge in [0.15, 0.2) is 0 Å². The smallest absolute Gasteiger partial charge is 0.225 e. The molecular weight excluding hydrogens is 280 g/mol. The summed E-state index contributed by atoms with van der Waals surface area (Å²) in [6.45, 7) is 3.54. The summed E-state index contributed by atoms with van der Waals surface area (Å²) in [6.07, 6.45) is 7.35.